The van der Waals surface area contributed by atoms with E-state index >= 15 is 0 Å². The van der Waals surface area contributed by atoms with Crippen molar-refractivity contribution in [2.24, 2.45) is 0 Å². The maximum atomic E-state index is 12.7. The summed E-state index contributed by atoms with van der Waals surface area (Å²) in [7, 11) is 3.18. The minimum absolute atomic E-state index is 0.0678. The van der Waals surface area contributed by atoms with Crippen LogP contribution in [0, 0.1) is 0 Å². The number of likely N-dealkylation sites (tertiary alicyclic amines) is 1. The molecule has 152 valence electrons. The second kappa shape index (κ2) is 8.53. The van der Waals surface area contributed by atoms with Crippen molar-refractivity contribution in [1.29, 1.82) is 0 Å². The smallest absolute Gasteiger partial charge is 0.238 e. The highest BCUT2D eigenvalue weighted by molar-refractivity contribution is 5.94. The van der Waals surface area contributed by atoms with E-state index in [0.29, 0.717) is 29.6 Å². The molecule has 2 heterocycles. The van der Waals surface area contributed by atoms with E-state index in [0.717, 1.165) is 42.8 Å². The molecule has 0 saturated carbocycles. The minimum Gasteiger partial charge on any atom is -0.497 e. The number of H-pyrrole nitrogens is 1. The van der Waals surface area contributed by atoms with Gasteiger partial charge < -0.3 is 19.8 Å². The Labute approximate surface area is 170 Å². The van der Waals surface area contributed by atoms with Gasteiger partial charge in [0.05, 0.1) is 37.5 Å². The van der Waals surface area contributed by atoms with Gasteiger partial charge in [-0.15, -0.1) is 0 Å². The van der Waals surface area contributed by atoms with Gasteiger partial charge in [0.1, 0.15) is 17.3 Å². The molecule has 1 unspecified atom stereocenters. The Bertz CT molecular complexity index is 968. The molecular formula is C22H26N4O3. The molecule has 3 aromatic rings. The fraction of sp³-hybridized carbons (Fsp3) is 0.364. The van der Waals surface area contributed by atoms with Crippen LogP contribution in [0.4, 0.5) is 5.69 Å². The van der Waals surface area contributed by atoms with Crippen molar-refractivity contribution in [2.75, 3.05) is 39.2 Å². The van der Waals surface area contributed by atoms with Crippen LogP contribution in [0.25, 0.3) is 11.0 Å². The highest BCUT2D eigenvalue weighted by atomic mass is 16.5. The SMILES string of the molecule is COc1ccc(OC)c(NC(=O)CN2CCCC(c3nc4ccccc4[nH]3)C2)c1. The molecule has 29 heavy (non-hydrogen) atoms. The van der Waals surface area contributed by atoms with Crippen molar-refractivity contribution in [2.45, 2.75) is 18.8 Å². The molecule has 1 saturated heterocycles. The van der Waals surface area contributed by atoms with Crippen LogP contribution in [-0.4, -0.2) is 54.6 Å². The Morgan fingerprint density at radius 2 is 2.10 bits per heavy atom. The van der Waals surface area contributed by atoms with Crippen molar-refractivity contribution >= 4 is 22.6 Å². The summed E-state index contributed by atoms with van der Waals surface area (Å²) >= 11 is 0. The van der Waals surface area contributed by atoms with Crippen LogP contribution < -0.4 is 14.8 Å². The maximum absolute atomic E-state index is 12.7. The number of hydrogen-bond donors (Lipinski definition) is 2. The summed E-state index contributed by atoms with van der Waals surface area (Å²) in [5, 5.41) is 2.95. The van der Waals surface area contributed by atoms with E-state index < -0.39 is 0 Å². The molecule has 1 aliphatic rings. The van der Waals surface area contributed by atoms with Gasteiger partial charge in [0.2, 0.25) is 5.91 Å². The maximum Gasteiger partial charge on any atom is 0.238 e. The summed E-state index contributed by atoms with van der Waals surface area (Å²) in [6.45, 7) is 2.04. The number of nitrogens with zero attached hydrogens (tertiary/aromatic N) is 2. The quantitative estimate of drug-likeness (QED) is 0.670. The van der Waals surface area contributed by atoms with Crippen LogP contribution in [-0.2, 0) is 4.79 Å². The van der Waals surface area contributed by atoms with Crippen molar-refractivity contribution in [3.8, 4) is 11.5 Å². The van der Waals surface area contributed by atoms with E-state index in [1.54, 1.807) is 32.4 Å². The molecule has 7 nitrogen and oxygen atoms in total. The summed E-state index contributed by atoms with van der Waals surface area (Å²) < 4.78 is 10.6. The number of aromatic nitrogens is 2. The third kappa shape index (κ3) is 4.35. The van der Waals surface area contributed by atoms with E-state index in [1.807, 2.05) is 24.3 Å². The number of benzene rings is 2. The number of nitrogens with one attached hydrogen (secondary N) is 2. The first-order valence-electron chi connectivity index (χ1n) is 9.85. The van der Waals surface area contributed by atoms with Crippen molar-refractivity contribution in [1.82, 2.24) is 14.9 Å². The van der Waals surface area contributed by atoms with Gasteiger partial charge in [-0.3, -0.25) is 9.69 Å². The molecule has 0 spiro atoms. The van der Waals surface area contributed by atoms with Gasteiger partial charge in [-0.2, -0.15) is 0 Å². The van der Waals surface area contributed by atoms with Gasteiger partial charge >= 0.3 is 0 Å². The first-order valence-corrected chi connectivity index (χ1v) is 9.85. The molecule has 7 heteroatoms. The third-order valence-corrected chi connectivity index (χ3v) is 5.35. The van der Waals surface area contributed by atoms with Crippen LogP contribution >= 0.6 is 0 Å². The van der Waals surface area contributed by atoms with Crippen LogP contribution in [0.3, 0.4) is 0 Å². The number of amides is 1. The lowest BCUT2D eigenvalue weighted by Gasteiger charge is -2.31. The number of imidazole rings is 1. The van der Waals surface area contributed by atoms with Crippen LogP contribution in [0.5, 0.6) is 11.5 Å². The minimum atomic E-state index is -0.0678. The zero-order chi connectivity index (χ0) is 20.2. The standard InChI is InChI=1S/C22H26N4O3/c1-28-16-9-10-20(29-2)19(12-16)23-21(27)14-26-11-5-6-15(13-26)22-24-17-7-3-4-8-18(17)25-22/h3-4,7-10,12,15H,5-6,11,13-14H2,1-2H3,(H,23,27)(H,24,25). The van der Waals surface area contributed by atoms with Crippen molar-refractivity contribution in [3.63, 3.8) is 0 Å². The number of aromatic amines is 1. The number of rotatable bonds is 6. The highest BCUT2D eigenvalue weighted by Gasteiger charge is 2.25. The topological polar surface area (TPSA) is 79.5 Å². The number of anilines is 1. The van der Waals surface area contributed by atoms with E-state index in [-0.39, 0.29) is 5.91 Å². The lowest BCUT2D eigenvalue weighted by Crippen LogP contribution is -2.40. The summed E-state index contributed by atoms with van der Waals surface area (Å²) in [4.78, 5) is 23.0. The number of ether oxygens (including phenoxy) is 2. The predicted molar refractivity (Wildman–Crippen MR) is 113 cm³/mol. The Balaban J connectivity index is 1.41. The average molecular weight is 394 g/mol. The lowest BCUT2D eigenvalue weighted by molar-refractivity contribution is -0.117. The van der Waals surface area contributed by atoms with Crippen LogP contribution in [0.1, 0.15) is 24.6 Å². The molecule has 1 amide bonds. The molecule has 1 fully saturated rings. The van der Waals surface area contributed by atoms with E-state index in [9.17, 15) is 4.79 Å². The summed E-state index contributed by atoms with van der Waals surface area (Å²) in [5.41, 5.74) is 2.66. The molecule has 0 radical (unpaired) electrons. The zero-order valence-corrected chi connectivity index (χ0v) is 16.8. The average Bonchev–Trinajstić information content (AvgIpc) is 3.18. The number of hydrogen-bond acceptors (Lipinski definition) is 5. The Hall–Kier alpha value is -3.06. The zero-order valence-electron chi connectivity index (χ0n) is 16.8. The Morgan fingerprint density at radius 3 is 2.90 bits per heavy atom. The second-order valence-corrected chi connectivity index (χ2v) is 7.33. The summed E-state index contributed by atoms with van der Waals surface area (Å²) in [6.07, 6.45) is 2.11. The number of para-hydroxylation sites is 2. The number of piperidine rings is 1. The number of fused-ring (bicyclic) bond motifs is 1. The first kappa shape index (κ1) is 19.3. The second-order valence-electron chi connectivity index (χ2n) is 7.33. The molecule has 2 N–H and O–H groups in total. The van der Waals surface area contributed by atoms with Crippen LogP contribution in [0.2, 0.25) is 0 Å². The van der Waals surface area contributed by atoms with Gasteiger partial charge in [-0.1, -0.05) is 12.1 Å². The molecule has 1 aromatic heterocycles. The summed E-state index contributed by atoms with van der Waals surface area (Å²) in [5.74, 6) is 2.52. The summed E-state index contributed by atoms with van der Waals surface area (Å²) in [6, 6.07) is 13.4. The van der Waals surface area contributed by atoms with Gasteiger partial charge in [-0.05, 0) is 43.7 Å². The van der Waals surface area contributed by atoms with E-state index in [4.69, 9.17) is 14.5 Å². The van der Waals surface area contributed by atoms with E-state index in [1.165, 1.54) is 0 Å². The number of carbonyl (C=O) groups is 1. The lowest BCUT2D eigenvalue weighted by atomic mass is 9.97. The fourth-order valence-corrected chi connectivity index (χ4v) is 3.89. The monoisotopic (exact) mass is 394 g/mol. The van der Waals surface area contributed by atoms with Crippen molar-refractivity contribution < 1.29 is 14.3 Å². The van der Waals surface area contributed by atoms with Crippen molar-refractivity contribution in [3.05, 3.63) is 48.3 Å². The predicted octanol–water partition coefficient (Wildman–Crippen LogP) is 3.40. The highest BCUT2D eigenvalue weighted by Crippen LogP contribution is 2.29. The molecule has 1 aliphatic heterocycles. The molecule has 1 atom stereocenters. The first-order chi connectivity index (χ1) is 14.2. The number of carbonyl (C=O) groups excluding carboxylic acids is 1. The molecule has 4 rings (SSSR count). The van der Waals surface area contributed by atoms with Gasteiger partial charge in [0.25, 0.3) is 0 Å². The van der Waals surface area contributed by atoms with Gasteiger partial charge in [-0.25, -0.2) is 4.98 Å². The molecular weight excluding hydrogens is 368 g/mol. The van der Waals surface area contributed by atoms with E-state index in [2.05, 4.69) is 15.2 Å². The molecule has 0 aliphatic carbocycles. The number of methoxy groups -OCH3 is 2. The Morgan fingerprint density at radius 1 is 1.24 bits per heavy atom. The Kier molecular flexibility index (Phi) is 5.67. The molecule has 2 aromatic carbocycles. The largest absolute Gasteiger partial charge is 0.497 e. The normalized spacial score (nSPS) is 17.2. The van der Waals surface area contributed by atoms with Crippen LogP contribution in [0.15, 0.2) is 42.5 Å². The van der Waals surface area contributed by atoms with Gasteiger partial charge in [0, 0.05) is 18.5 Å². The fourth-order valence-electron chi connectivity index (χ4n) is 3.89. The third-order valence-electron chi connectivity index (χ3n) is 5.35. The molecule has 0 bridgehead atoms. The van der Waals surface area contributed by atoms with Gasteiger partial charge in [0.15, 0.2) is 0 Å².